The van der Waals surface area contributed by atoms with Crippen molar-refractivity contribution in [2.75, 3.05) is 32.5 Å². The Kier molecular flexibility index (Phi) is 5.86. The van der Waals surface area contributed by atoms with E-state index >= 15 is 0 Å². The number of aliphatic imine (C=N–C) groups is 1. The Labute approximate surface area is 104 Å². The van der Waals surface area contributed by atoms with Crippen LogP contribution in [0, 0.1) is 0 Å². The van der Waals surface area contributed by atoms with Crippen molar-refractivity contribution >= 4 is 11.4 Å². The summed E-state index contributed by atoms with van der Waals surface area (Å²) in [5.74, 6) is 0. The van der Waals surface area contributed by atoms with Crippen molar-refractivity contribution in [3.05, 3.63) is 42.6 Å². The maximum absolute atomic E-state index is 4.25. The first-order valence-corrected chi connectivity index (χ1v) is 5.89. The molecular formula is C14H21N3. The lowest BCUT2D eigenvalue weighted by molar-refractivity contribution is 0.484. The average molecular weight is 231 g/mol. The van der Waals surface area contributed by atoms with Crippen LogP contribution in [0.15, 0.2) is 47.6 Å². The van der Waals surface area contributed by atoms with E-state index < -0.39 is 0 Å². The van der Waals surface area contributed by atoms with Gasteiger partial charge in [0.1, 0.15) is 0 Å². The molecule has 0 unspecified atom stereocenters. The van der Waals surface area contributed by atoms with E-state index in [1.165, 1.54) is 0 Å². The molecule has 1 aromatic carbocycles. The van der Waals surface area contributed by atoms with E-state index in [9.17, 15) is 0 Å². The van der Waals surface area contributed by atoms with Gasteiger partial charge in [0.25, 0.3) is 0 Å². The number of nitrogens with zero attached hydrogens (tertiary/aromatic N) is 2. The SMILES string of the molecule is CCN(C)/C=C\C(CNc1ccccc1)=N/C. The fourth-order valence-electron chi connectivity index (χ4n) is 1.28. The van der Waals surface area contributed by atoms with Crippen LogP contribution in [0.25, 0.3) is 0 Å². The van der Waals surface area contributed by atoms with Crippen LogP contribution < -0.4 is 5.32 Å². The first-order chi connectivity index (χ1) is 8.26. The van der Waals surface area contributed by atoms with E-state index in [0.717, 1.165) is 24.5 Å². The van der Waals surface area contributed by atoms with Gasteiger partial charge in [-0.1, -0.05) is 18.2 Å². The molecule has 0 aliphatic rings. The molecule has 0 fully saturated rings. The lowest BCUT2D eigenvalue weighted by atomic mass is 10.3. The first-order valence-electron chi connectivity index (χ1n) is 5.89. The molecule has 0 saturated carbocycles. The van der Waals surface area contributed by atoms with Crippen LogP contribution in [0.5, 0.6) is 0 Å². The number of anilines is 1. The molecule has 0 aliphatic heterocycles. The minimum absolute atomic E-state index is 0.745. The van der Waals surface area contributed by atoms with Crippen LogP contribution in [-0.4, -0.2) is 37.8 Å². The summed E-state index contributed by atoms with van der Waals surface area (Å²) in [5.41, 5.74) is 2.15. The summed E-state index contributed by atoms with van der Waals surface area (Å²) in [5, 5.41) is 3.34. The van der Waals surface area contributed by atoms with E-state index in [0.29, 0.717) is 0 Å². The number of hydrogen-bond acceptors (Lipinski definition) is 3. The van der Waals surface area contributed by atoms with Gasteiger partial charge in [-0.25, -0.2) is 0 Å². The maximum atomic E-state index is 4.25. The van der Waals surface area contributed by atoms with E-state index in [1.54, 1.807) is 0 Å². The lowest BCUT2D eigenvalue weighted by Crippen LogP contribution is -2.14. The standard InChI is InChI=1S/C14H21N3/c1-4-17(3)11-10-14(15-2)12-16-13-8-6-5-7-9-13/h5-11,16H,4,12H2,1-3H3/b11-10-,15-14+. The van der Waals surface area contributed by atoms with Gasteiger partial charge in [0.2, 0.25) is 0 Å². The molecule has 0 spiro atoms. The van der Waals surface area contributed by atoms with Crippen LogP contribution in [0.2, 0.25) is 0 Å². The summed E-state index contributed by atoms with van der Waals surface area (Å²) in [6, 6.07) is 10.2. The van der Waals surface area contributed by atoms with Gasteiger partial charge in [-0.05, 0) is 25.1 Å². The van der Waals surface area contributed by atoms with Crippen molar-refractivity contribution in [2.45, 2.75) is 6.92 Å². The molecule has 3 heteroatoms. The van der Waals surface area contributed by atoms with Crippen LogP contribution >= 0.6 is 0 Å². The fraction of sp³-hybridized carbons (Fsp3) is 0.357. The van der Waals surface area contributed by atoms with Crippen LogP contribution in [0.3, 0.4) is 0 Å². The topological polar surface area (TPSA) is 27.6 Å². The first kappa shape index (κ1) is 13.3. The van der Waals surface area contributed by atoms with Gasteiger partial charge < -0.3 is 10.2 Å². The van der Waals surface area contributed by atoms with E-state index in [-0.39, 0.29) is 0 Å². The fourth-order valence-corrected chi connectivity index (χ4v) is 1.28. The molecule has 0 atom stereocenters. The van der Waals surface area contributed by atoms with Gasteiger partial charge >= 0.3 is 0 Å². The summed E-state index contributed by atoms with van der Waals surface area (Å²) in [7, 11) is 3.87. The van der Waals surface area contributed by atoms with Crippen molar-refractivity contribution < 1.29 is 0 Å². The monoisotopic (exact) mass is 231 g/mol. The molecule has 1 aromatic rings. The Morgan fingerprint density at radius 3 is 2.65 bits per heavy atom. The van der Waals surface area contributed by atoms with Gasteiger partial charge in [0.05, 0.1) is 12.3 Å². The van der Waals surface area contributed by atoms with Gasteiger partial charge in [-0.2, -0.15) is 0 Å². The minimum atomic E-state index is 0.745. The smallest absolute Gasteiger partial charge is 0.0569 e. The Hall–Kier alpha value is -1.77. The number of hydrogen-bond donors (Lipinski definition) is 1. The quantitative estimate of drug-likeness (QED) is 0.762. The van der Waals surface area contributed by atoms with Gasteiger partial charge in [0, 0.05) is 32.5 Å². The second-order valence-corrected chi connectivity index (χ2v) is 3.82. The highest BCUT2D eigenvalue weighted by molar-refractivity contribution is 5.97. The van der Waals surface area contributed by atoms with E-state index in [2.05, 4.69) is 47.5 Å². The molecule has 0 aromatic heterocycles. The molecule has 0 saturated heterocycles. The predicted molar refractivity (Wildman–Crippen MR) is 75.7 cm³/mol. The second-order valence-electron chi connectivity index (χ2n) is 3.82. The average Bonchev–Trinajstić information content (AvgIpc) is 2.39. The summed E-state index contributed by atoms with van der Waals surface area (Å²) in [6.07, 6.45) is 4.09. The molecule has 0 aliphatic carbocycles. The Bertz CT molecular complexity index is 368. The Balaban J connectivity index is 2.46. The predicted octanol–water partition coefficient (Wildman–Crippen LogP) is 2.63. The molecule has 0 bridgehead atoms. The molecular weight excluding hydrogens is 210 g/mol. The van der Waals surface area contributed by atoms with E-state index in [4.69, 9.17) is 0 Å². The summed E-state index contributed by atoms with van der Waals surface area (Å²) < 4.78 is 0. The zero-order valence-corrected chi connectivity index (χ0v) is 10.9. The Morgan fingerprint density at radius 2 is 2.06 bits per heavy atom. The third-order valence-corrected chi connectivity index (χ3v) is 2.55. The van der Waals surface area contributed by atoms with Crippen molar-refractivity contribution in [1.82, 2.24) is 4.90 Å². The maximum Gasteiger partial charge on any atom is 0.0569 e. The zero-order chi connectivity index (χ0) is 12.5. The van der Waals surface area contributed by atoms with Crippen molar-refractivity contribution in [2.24, 2.45) is 4.99 Å². The number of rotatable bonds is 6. The molecule has 17 heavy (non-hydrogen) atoms. The largest absolute Gasteiger partial charge is 0.381 e. The second kappa shape index (κ2) is 7.49. The number of benzene rings is 1. The van der Waals surface area contributed by atoms with Crippen molar-refractivity contribution in [3.8, 4) is 0 Å². The molecule has 0 amide bonds. The van der Waals surface area contributed by atoms with Crippen LogP contribution in [0.4, 0.5) is 5.69 Å². The van der Waals surface area contributed by atoms with Gasteiger partial charge in [-0.3, -0.25) is 4.99 Å². The highest BCUT2D eigenvalue weighted by atomic mass is 15.1. The van der Waals surface area contributed by atoms with E-state index in [1.807, 2.05) is 31.3 Å². The molecule has 1 N–H and O–H groups in total. The molecule has 0 heterocycles. The highest BCUT2D eigenvalue weighted by Crippen LogP contribution is 2.04. The van der Waals surface area contributed by atoms with Gasteiger partial charge in [-0.15, -0.1) is 0 Å². The van der Waals surface area contributed by atoms with Crippen LogP contribution in [-0.2, 0) is 0 Å². The highest BCUT2D eigenvalue weighted by Gasteiger charge is 1.94. The normalized spacial score (nSPS) is 11.8. The molecule has 0 radical (unpaired) electrons. The zero-order valence-electron chi connectivity index (χ0n) is 10.9. The molecule has 3 nitrogen and oxygen atoms in total. The molecule has 92 valence electrons. The molecule has 1 rings (SSSR count). The van der Waals surface area contributed by atoms with Crippen molar-refractivity contribution in [3.63, 3.8) is 0 Å². The number of para-hydroxylation sites is 1. The lowest BCUT2D eigenvalue weighted by Gasteiger charge is -2.10. The summed E-state index contributed by atoms with van der Waals surface area (Å²) in [4.78, 5) is 6.37. The third-order valence-electron chi connectivity index (χ3n) is 2.55. The Morgan fingerprint density at radius 1 is 1.35 bits per heavy atom. The third kappa shape index (κ3) is 5.20. The van der Waals surface area contributed by atoms with Crippen molar-refractivity contribution in [1.29, 1.82) is 0 Å². The van der Waals surface area contributed by atoms with Crippen LogP contribution in [0.1, 0.15) is 6.92 Å². The summed E-state index contributed by atoms with van der Waals surface area (Å²) in [6.45, 7) is 3.86. The summed E-state index contributed by atoms with van der Waals surface area (Å²) >= 11 is 0. The van der Waals surface area contributed by atoms with Gasteiger partial charge in [0.15, 0.2) is 0 Å². The number of nitrogens with one attached hydrogen (secondary N) is 1. The minimum Gasteiger partial charge on any atom is -0.381 e.